The van der Waals surface area contributed by atoms with Gasteiger partial charge in [-0.1, -0.05) is 23.7 Å². The molecule has 2 unspecified atom stereocenters. The molecule has 1 fully saturated rings. The number of ether oxygens (including phenoxy) is 1. The predicted molar refractivity (Wildman–Crippen MR) is 70.6 cm³/mol. The molecule has 1 aliphatic heterocycles. The summed E-state index contributed by atoms with van der Waals surface area (Å²) in [5.74, 6) is -0.0883. The van der Waals surface area contributed by atoms with Crippen LogP contribution in [0.5, 0.6) is 0 Å². The third kappa shape index (κ3) is 3.45. The Labute approximate surface area is 112 Å². The zero-order valence-electron chi connectivity index (χ0n) is 10.3. The fourth-order valence-corrected chi connectivity index (χ4v) is 2.10. The maximum absolute atomic E-state index is 12.0. The lowest BCUT2D eigenvalue weighted by Gasteiger charge is -2.24. The summed E-state index contributed by atoms with van der Waals surface area (Å²) in [5.41, 5.74) is 0.986. The van der Waals surface area contributed by atoms with E-state index in [0.29, 0.717) is 18.2 Å². The number of benzene rings is 1. The molecule has 0 radical (unpaired) electrons. The first-order valence-electron chi connectivity index (χ1n) is 6.05. The number of amides is 1. The van der Waals surface area contributed by atoms with Gasteiger partial charge in [0.1, 0.15) is 6.10 Å². The Hall–Kier alpha value is -1.10. The van der Waals surface area contributed by atoms with Crippen molar-refractivity contribution in [1.82, 2.24) is 10.6 Å². The Kier molecular flexibility index (Phi) is 4.58. The van der Waals surface area contributed by atoms with Crippen LogP contribution in [0.25, 0.3) is 0 Å². The second kappa shape index (κ2) is 6.18. The lowest BCUT2D eigenvalue weighted by atomic mass is 10.1. The quantitative estimate of drug-likeness (QED) is 0.874. The zero-order valence-corrected chi connectivity index (χ0v) is 11.0. The average molecular weight is 269 g/mol. The fraction of sp³-hybridized carbons (Fsp3) is 0.462. The van der Waals surface area contributed by atoms with E-state index in [1.807, 2.05) is 31.2 Å². The van der Waals surface area contributed by atoms with Crippen molar-refractivity contribution in [1.29, 1.82) is 0 Å². The minimum atomic E-state index is -0.402. The summed E-state index contributed by atoms with van der Waals surface area (Å²) in [6, 6.07) is 7.40. The number of rotatable bonds is 3. The second-order valence-electron chi connectivity index (χ2n) is 4.35. The van der Waals surface area contributed by atoms with Crippen molar-refractivity contribution in [2.45, 2.75) is 19.1 Å². The maximum Gasteiger partial charge on any atom is 0.250 e. The molecule has 0 saturated carbocycles. The van der Waals surface area contributed by atoms with Crippen LogP contribution in [-0.4, -0.2) is 31.7 Å². The molecule has 0 aliphatic carbocycles. The molecule has 18 heavy (non-hydrogen) atoms. The van der Waals surface area contributed by atoms with E-state index in [9.17, 15) is 4.79 Å². The van der Waals surface area contributed by atoms with E-state index >= 15 is 0 Å². The first-order chi connectivity index (χ1) is 8.66. The van der Waals surface area contributed by atoms with Crippen molar-refractivity contribution in [3.63, 3.8) is 0 Å². The van der Waals surface area contributed by atoms with Gasteiger partial charge < -0.3 is 15.4 Å². The molecule has 0 bridgehead atoms. The van der Waals surface area contributed by atoms with Crippen molar-refractivity contribution >= 4 is 17.5 Å². The molecule has 98 valence electrons. The van der Waals surface area contributed by atoms with Gasteiger partial charge in [-0.05, 0) is 24.6 Å². The molecule has 1 heterocycles. The third-order valence-corrected chi connectivity index (χ3v) is 3.16. The van der Waals surface area contributed by atoms with Crippen LogP contribution in [0.4, 0.5) is 0 Å². The standard InChI is InChI=1S/C13H17ClN2O2/c1-9(10-3-2-4-11(14)7-10)16-13(17)12-8-15-5-6-18-12/h2-4,7,9,12,15H,5-6,8H2,1H3,(H,16,17). The lowest BCUT2D eigenvalue weighted by Crippen LogP contribution is -2.48. The largest absolute Gasteiger partial charge is 0.366 e. The van der Waals surface area contributed by atoms with Crippen molar-refractivity contribution < 1.29 is 9.53 Å². The summed E-state index contributed by atoms with van der Waals surface area (Å²) >= 11 is 5.93. The highest BCUT2D eigenvalue weighted by atomic mass is 35.5. The molecule has 1 aliphatic rings. The number of carbonyl (C=O) groups is 1. The van der Waals surface area contributed by atoms with Crippen LogP contribution in [0, 0.1) is 0 Å². The van der Waals surface area contributed by atoms with Crippen molar-refractivity contribution in [3.05, 3.63) is 34.9 Å². The molecule has 1 aromatic rings. The van der Waals surface area contributed by atoms with Gasteiger partial charge in [0.05, 0.1) is 12.6 Å². The van der Waals surface area contributed by atoms with Crippen LogP contribution in [0.15, 0.2) is 24.3 Å². The molecule has 2 atom stereocenters. The average Bonchev–Trinajstić information content (AvgIpc) is 2.39. The van der Waals surface area contributed by atoms with Crippen LogP contribution in [-0.2, 0) is 9.53 Å². The summed E-state index contributed by atoms with van der Waals surface area (Å²) in [6.07, 6.45) is -0.402. The lowest BCUT2D eigenvalue weighted by molar-refractivity contribution is -0.134. The van der Waals surface area contributed by atoms with Gasteiger partial charge in [-0.25, -0.2) is 0 Å². The summed E-state index contributed by atoms with van der Waals surface area (Å²) in [6.45, 7) is 3.87. The summed E-state index contributed by atoms with van der Waals surface area (Å²) in [4.78, 5) is 12.0. The highest BCUT2D eigenvalue weighted by Gasteiger charge is 2.23. The van der Waals surface area contributed by atoms with Crippen LogP contribution < -0.4 is 10.6 Å². The summed E-state index contributed by atoms with van der Waals surface area (Å²) in [7, 11) is 0. The molecule has 2 rings (SSSR count). The number of halogens is 1. The third-order valence-electron chi connectivity index (χ3n) is 2.93. The Morgan fingerprint density at radius 2 is 2.44 bits per heavy atom. The van der Waals surface area contributed by atoms with Crippen molar-refractivity contribution in [2.75, 3.05) is 19.7 Å². The van der Waals surface area contributed by atoms with Crippen LogP contribution in [0.1, 0.15) is 18.5 Å². The van der Waals surface area contributed by atoms with Crippen molar-refractivity contribution in [3.8, 4) is 0 Å². The minimum absolute atomic E-state index is 0.0817. The van der Waals surface area contributed by atoms with E-state index in [4.69, 9.17) is 16.3 Å². The van der Waals surface area contributed by atoms with Gasteiger partial charge in [-0.15, -0.1) is 0 Å². The van der Waals surface area contributed by atoms with E-state index in [-0.39, 0.29) is 11.9 Å². The van der Waals surface area contributed by atoms with Crippen LogP contribution in [0.2, 0.25) is 5.02 Å². The predicted octanol–water partition coefficient (Wildman–Crippen LogP) is 1.51. The zero-order chi connectivity index (χ0) is 13.0. The molecule has 5 heteroatoms. The Balaban J connectivity index is 1.94. The van der Waals surface area contributed by atoms with Crippen molar-refractivity contribution in [2.24, 2.45) is 0 Å². The smallest absolute Gasteiger partial charge is 0.250 e. The van der Waals surface area contributed by atoms with Gasteiger partial charge in [0, 0.05) is 18.1 Å². The molecule has 4 nitrogen and oxygen atoms in total. The van der Waals surface area contributed by atoms with E-state index < -0.39 is 6.10 Å². The van der Waals surface area contributed by atoms with E-state index in [0.717, 1.165) is 12.1 Å². The number of carbonyl (C=O) groups excluding carboxylic acids is 1. The SMILES string of the molecule is CC(NC(=O)C1CNCCO1)c1cccc(Cl)c1. The molecular weight excluding hydrogens is 252 g/mol. The number of hydrogen-bond donors (Lipinski definition) is 2. The Bertz CT molecular complexity index is 419. The fourth-order valence-electron chi connectivity index (χ4n) is 1.90. The highest BCUT2D eigenvalue weighted by Crippen LogP contribution is 2.17. The molecule has 0 spiro atoms. The first-order valence-corrected chi connectivity index (χ1v) is 6.43. The van der Waals surface area contributed by atoms with Gasteiger partial charge in [0.25, 0.3) is 5.91 Å². The Morgan fingerprint density at radius 3 is 3.11 bits per heavy atom. The molecule has 2 N–H and O–H groups in total. The topological polar surface area (TPSA) is 50.4 Å². The van der Waals surface area contributed by atoms with E-state index in [1.165, 1.54) is 0 Å². The van der Waals surface area contributed by atoms with Gasteiger partial charge in [-0.2, -0.15) is 0 Å². The first kappa shape index (κ1) is 13.3. The van der Waals surface area contributed by atoms with Crippen LogP contribution in [0.3, 0.4) is 0 Å². The summed E-state index contributed by atoms with van der Waals surface area (Å²) in [5, 5.41) is 6.73. The van der Waals surface area contributed by atoms with E-state index in [2.05, 4.69) is 10.6 Å². The number of hydrogen-bond acceptors (Lipinski definition) is 3. The van der Waals surface area contributed by atoms with Gasteiger partial charge in [0.15, 0.2) is 0 Å². The second-order valence-corrected chi connectivity index (χ2v) is 4.79. The molecular formula is C13H17ClN2O2. The Morgan fingerprint density at radius 1 is 1.61 bits per heavy atom. The number of morpholine rings is 1. The van der Waals surface area contributed by atoms with E-state index in [1.54, 1.807) is 0 Å². The van der Waals surface area contributed by atoms with Gasteiger partial charge >= 0.3 is 0 Å². The highest BCUT2D eigenvalue weighted by molar-refractivity contribution is 6.30. The minimum Gasteiger partial charge on any atom is -0.366 e. The van der Waals surface area contributed by atoms with Gasteiger partial charge in [0.2, 0.25) is 0 Å². The molecule has 1 saturated heterocycles. The normalized spacial score (nSPS) is 21.3. The summed E-state index contributed by atoms with van der Waals surface area (Å²) < 4.78 is 5.40. The maximum atomic E-state index is 12.0. The monoisotopic (exact) mass is 268 g/mol. The molecule has 1 aromatic carbocycles. The molecule has 1 amide bonds. The van der Waals surface area contributed by atoms with Crippen LogP contribution >= 0.6 is 11.6 Å². The van der Waals surface area contributed by atoms with Gasteiger partial charge in [-0.3, -0.25) is 4.79 Å². The number of nitrogens with one attached hydrogen (secondary N) is 2. The molecule has 0 aromatic heterocycles.